The largest absolute Gasteiger partial charge is 0.378 e. The lowest BCUT2D eigenvalue weighted by atomic mass is 9.98. The summed E-state index contributed by atoms with van der Waals surface area (Å²) in [5, 5.41) is 18.6. The zero-order valence-corrected chi connectivity index (χ0v) is 20.2. The molecule has 1 aromatic heterocycles. The molecule has 0 bridgehead atoms. The van der Waals surface area contributed by atoms with E-state index in [2.05, 4.69) is 34.7 Å². The smallest absolute Gasteiger partial charge is 0.270 e. The van der Waals surface area contributed by atoms with Crippen LogP contribution in [-0.4, -0.2) is 46.9 Å². The second kappa shape index (κ2) is 11.0. The molecule has 0 spiro atoms. The van der Waals surface area contributed by atoms with Crippen LogP contribution in [0.3, 0.4) is 0 Å². The molecule has 0 unspecified atom stereocenters. The highest BCUT2D eigenvalue weighted by Gasteiger charge is 2.22. The van der Waals surface area contributed by atoms with E-state index >= 15 is 0 Å². The number of hydrogen-bond donors (Lipinski definition) is 1. The summed E-state index contributed by atoms with van der Waals surface area (Å²) in [4.78, 5) is 26.2. The average molecular weight is 498 g/mol. The van der Waals surface area contributed by atoms with Gasteiger partial charge in [-0.3, -0.25) is 19.6 Å². The van der Waals surface area contributed by atoms with Crippen molar-refractivity contribution in [3.05, 3.63) is 112 Å². The standard InChI is InChI=1S/C28H27N5O4/c34-28(26-18-24(33(35)36)10-11-27(26)31-14-16-37-17-15-31)29-19-23-4-1-2-5-25(23)22-8-6-21(7-9-22)20-32-13-3-12-30-32/h1-13,18H,14-17,19-20H2,(H,29,34). The number of nitro benzene ring substituents is 1. The number of nitrogens with zero attached hydrogens (tertiary/aromatic N) is 4. The van der Waals surface area contributed by atoms with Gasteiger partial charge in [-0.1, -0.05) is 48.5 Å². The third-order valence-corrected chi connectivity index (χ3v) is 6.41. The van der Waals surface area contributed by atoms with Gasteiger partial charge in [-0.15, -0.1) is 0 Å². The summed E-state index contributed by atoms with van der Waals surface area (Å²) in [6.45, 7) is 3.32. The highest BCUT2D eigenvalue weighted by Crippen LogP contribution is 2.28. The van der Waals surface area contributed by atoms with Gasteiger partial charge in [-0.2, -0.15) is 5.10 Å². The zero-order valence-electron chi connectivity index (χ0n) is 20.2. The Morgan fingerprint density at radius 1 is 1.03 bits per heavy atom. The first-order chi connectivity index (χ1) is 18.1. The quantitative estimate of drug-likeness (QED) is 0.288. The molecule has 37 heavy (non-hydrogen) atoms. The van der Waals surface area contributed by atoms with Crippen molar-refractivity contribution in [2.45, 2.75) is 13.1 Å². The van der Waals surface area contributed by atoms with Crippen LogP contribution in [0.1, 0.15) is 21.5 Å². The van der Waals surface area contributed by atoms with E-state index in [1.54, 1.807) is 12.3 Å². The number of non-ortho nitro benzene ring substituents is 1. The van der Waals surface area contributed by atoms with Crippen molar-refractivity contribution in [2.24, 2.45) is 0 Å². The van der Waals surface area contributed by atoms with E-state index in [-0.39, 0.29) is 23.7 Å². The minimum atomic E-state index is -0.481. The minimum Gasteiger partial charge on any atom is -0.378 e. The van der Waals surface area contributed by atoms with Crippen molar-refractivity contribution in [2.75, 3.05) is 31.2 Å². The maximum absolute atomic E-state index is 13.3. The molecule has 1 N–H and O–H groups in total. The van der Waals surface area contributed by atoms with E-state index in [0.29, 0.717) is 38.5 Å². The van der Waals surface area contributed by atoms with Gasteiger partial charge in [0, 0.05) is 44.2 Å². The van der Waals surface area contributed by atoms with Gasteiger partial charge in [-0.25, -0.2) is 0 Å². The van der Waals surface area contributed by atoms with Gasteiger partial charge in [-0.05, 0) is 34.4 Å². The van der Waals surface area contributed by atoms with Crippen LogP contribution in [0.5, 0.6) is 0 Å². The lowest BCUT2D eigenvalue weighted by Gasteiger charge is -2.30. The van der Waals surface area contributed by atoms with Gasteiger partial charge in [0.05, 0.1) is 35.9 Å². The van der Waals surface area contributed by atoms with Crippen LogP contribution in [0, 0.1) is 10.1 Å². The molecule has 9 heteroatoms. The predicted octanol–water partition coefficient (Wildman–Crippen LogP) is 4.27. The summed E-state index contributed by atoms with van der Waals surface area (Å²) in [6.07, 6.45) is 3.69. The Bertz CT molecular complexity index is 1380. The molecule has 1 fully saturated rings. The van der Waals surface area contributed by atoms with Gasteiger partial charge in [0.25, 0.3) is 11.6 Å². The van der Waals surface area contributed by atoms with Crippen LogP contribution in [0.4, 0.5) is 11.4 Å². The third-order valence-electron chi connectivity index (χ3n) is 6.41. The van der Waals surface area contributed by atoms with Crippen LogP contribution in [0.15, 0.2) is 85.2 Å². The first kappa shape index (κ1) is 24.2. The fourth-order valence-corrected chi connectivity index (χ4v) is 4.50. The normalized spacial score (nSPS) is 13.4. The molecule has 5 rings (SSSR count). The molecule has 1 aliphatic rings. The summed E-state index contributed by atoms with van der Waals surface area (Å²) in [5.74, 6) is -0.352. The Balaban J connectivity index is 1.34. The van der Waals surface area contributed by atoms with Gasteiger partial charge < -0.3 is 15.0 Å². The van der Waals surface area contributed by atoms with E-state index < -0.39 is 4.92 Å². The van der Waals surface area contributed by atoms with Crippen LogP contribution in [0.25, 0.3) is 11.1 Å². The van der Waals surface area contributed by atoms with Crippen LogP contribution >= 0.6 is 0 Å². The lowest BCUT2D eigenvalue weighted by Crippen LogP contribution is -2.38. The van der Waals surface area contributed by atoms with Crippen molar-refractivity contribution in [1.29, 1.82) is 0 Å². The monoisotopic (exact) mass is 497 g/mol. The topological polar surface area (TPSA) is 103 Å². The molecule has 0 aliphatic carbocycles. The first-order valence-electron chi connectivity index (χ1n) is 12.1. The summed E-state index contributed by atoms with van der Waals surface area (Å²) in [7, 11) is 0. The van der Waals surface area contributed by atoms with Crippen LogP contribution < -0.4 is 10.2 Å². The van der Waals surface area contributed by atoms with Crippen LogP contribution in [0.2, 0.25) is 0 Å². The summed E-state index contributed by atoms with van der Waals surface area (Å²) >= 11 is 0. The Morgan fingerprint density at radius 2 is 1.81 bits per heavy atom. The van der Waals surface area contributed by atoms with E-state index in [1.165, 1.54) is 12.1 Å². The van der Waals surface area contributed by atoms with Crippen molar-refractivity contribution in [3.63, 3.8) is 0 Å². The molecule has 9 nitrogen and oxygen atoms in total. The van der Waals surface area contributed by atoms with Gasteiger partial charge in [0.2, 0.25) is 0 Å². The number of aromatic nitrogens is 2. The van der Waals surface area contributed by atoms with E-state index in [0.717, 1.165) is 22.3 Å². The molecule has 1 saturated heterocycles. The molecule has 3 aromatic carbocycles. The highest BCUT2D eigenvalue weighted by atomic mass is 16.6. The molecule has 188 valence electrons. The first-order valence-corrected chi connectivity index (χ1v) is 12.1. The predicted molar refractivity (Wildman–Crippen MR) is 141 cm³/mol. The van der Waals surface area contributed by atoms with Crippen molar-refractivity contribution < 1.29 is 14.5 Å². The number of ether oxygens (including phenoxy) is 1. The second-order valence-corrected chi connectivity index (χ2v) is 8.80. The molecule has 0 atom stereocenters. The number of nitrogens with one attached hydrogen (secondary N) is 1. The van der Waals surface area contributed by atoms with Crippen LogP contribution in [-0.2, 0) is 17.8 Å². The molecule has 2 heterocycles. The Hall–Kier alpha value is -4.50. The number of benzene rings is 3. The lowest BCUT2D eigenvalue weighted by molar-refractivity contribution is -0.384. The molecule has 4 aromatic rings. The minimum absolute atomic E-state index is 0.113. The number of nitro groups is 1. The average Bonchev–Trinajstić information content (AvgIpc) is 3.45. The number of hydrogen-bond acceptors (Lipinski definition) is 6. The molecule has 1 aliphatic heterocycles. The van der Waals surface area contributed by atoms with Gasteiger partial charge in [0.1, 0.15) is 0 Å². The molecule has 0 radical (unpaired) electrons. The third kappa shape index (κ3) is 5.68. The van der Waals surface area contributed by atoms with Crippen molar-refractivity contribution in [1.82, 2.24) is 15.1 Å². The maximum Gasteiger partial charge on any atom is 0.270 e. The molecular formula is C28H27N5O4. The number of amides is 1. The van der Waals surface area contributed by atoms with Gasteiger partial charge in [0.15, 0.2) is 0 Å². The SMILES string of the molecule is O=C(NCc1ccccc1-c1ccc(Cn2cccn2)cc1)c1cc([N+](=O)[O-])ccc1N1CCOCC1. The number of morpholine rings is 1. The molecule has 1 amide bonds. The highest BCUT2D eigenvalue weighted by molar-refractivity contribution is 6.00. The Labute approximate surface area is 214 Å². The Morgan fingerprint density at radius 3 is 2.54 bits per heavy atom. The van der Waals surface area contributed by atoms with Crippen molar-refractivity contribution in [3.8, 4) is 11.1 Å². The van der Waals surface area contributed by atoms with E-state index in [9.17, 15) is 14.9 Å². The molecule has 0 saturated carbocycles. The number of anilines is 1. The fraction of sp³-hybridized carbons (Fsp3) is 0.214. The number of rotatable bonds is 8. The Kier molecular flexibility index (Phi) is 7.23. The maximum atomic E-state index is 13.3. The fourth-order valence-electron chi connectivity index (χ4n) is 4.50. The summed E-state index contributed by atoms with van der Waals surface area (Å²) in [6, 6.07) is 22.5. The number of carbonyl (C=O) groups excluding carboxylic acids is 1. The summed E-state index contributed by atoms with van der Waals surface area (Å²) < 4.78 is 7.30. The number of carbonyl (C=O) groups is 1. The second-order valence-electron chi connectivity index (χ2n) is 8.80. The van der Waals surface area contributed by atoms with E-state index in [4.69, 9.17) is 4.74 Å². The zero-order chi connectivity index (χ0) is 25.6. The van der Waals surface area contributed by atoms with Crippen molar-refractivity contribution >= 4 is 17.3 Å². The van der Waals surface area contributed by atoms with Gasteiger partial charge >= 0.3 is 0 Å². The molecular weight excluding hydrogens is 470 g/mol. The van der Waals surface area contributed by atoms with E-state index in [1.807, 2.05) is 46.1 Å². The summed E-state index contributed by atoms with van der Waals surface area (Å²) in [5.41, 5.74) is 5.00.